The summed E-state index contributed by atoms with van der Waals surface area (Å²) in [6.45, 7) is 3.54. The lowest BCUT2D eigenvalue weighted by Gasteiger charge is -2.27. The van der Waals surface area contributed by atoms with E-state index in [0.29, 0.717) is 30.2 Å². The molecule has 2 aliphatic heterocycles. The lowest BCUT2D eigenvalue weighted by molar-refractivity contribution is 0.0949. The molecule has 1 fully saturated rings. The Balaban J connectivity index is 1.69. The van der Waals surface area contributed by atoms with Crippen molar-refractivity contribution in [3.05, 3.63) is 41.2 Å². The van der Waals surface area contributed by atoms with E-state index in [1.165, 1.54) is 0 Å². The van der Waals surface area contributed by atoms with Gasteiger partial charge >= 0.3 is 0 Å². The lowest BCUT2D eigenvalue weighted by atomic mass is 10.0. The molecule has 0 aliphatic carbocycles. The van der Waals surface area contributed by atoms with Gasteiger partial charge in [-0.15, -0.1) is 5.10 Å². The van der Waals surface area contributed by atoms with Gasteiger partial charge in [0.15, 0.2) is 11.5 Å². The van der Waals surface area contributed by atoms with Crippen molar-refractivity contribution in [3.8, 4) is 5.88 Å². The fourth-order valence-electron chi connectivity index (χ4n) is 4.02. The molecule has 144 valence electrons. The van der Waals surface area contributed by atoms with Crippen molar-refractivity contribution in [2.24, 2.45) is 0 Å². The highest BCUT2D eigenvalue weighted by Gasteiger charge is 2.31. The van der Waals surface area contributed by atoms with Crippen LogP contribution >= 0.6 is 0 Å². The highest BCUT2D eigenvalue weighted by Crippen LogP contribution is 2.39. The molecule has 1 atom stereocenters. The zero-order chi connectivity index (χ0) is 19.3. The van der Waals surface area contributed by atoms with Gasteiger partial charge in [0.1, 0.15) is 18.0 Å². The molecular weight excluding hydrogens is 358 g/mol. The van der Waals surface area contributed by atoms with Crippen LogP contribution in [0.25, 0.3) is 5.65 Å². The van der Waals surface area contributed by atoms with Crippen molar-refractivity contribution < 1.29 is 9.53 Å². The quantitative estimate of drug-likeness (QED) is 0.609. The number of anilines is 2. The van der Waals surface area contributed by atoms with Crippen LogP contribution in [0.15, 0.2) is 24.5 Å². The largest absolute Gasteiger partial charge is 0.476 e. The number of carbonyl (C=O) groups excluding carboxylic acids is 1. The normalized spacial score (nSPS) is 19.2. The van der Waals surface area contributed by atoms with Gasteiger partial charge in [0.05, 0.1) is 12.6 Å². The summed E-state index contributed by atoms with van der Waals surface area (Å²) in [5, 5.41) is 7.05. The molecule has 5 heterocycles. The minimum absolute atomic E-state index is 0.116. The first-order valence-corrected chi connectivity index (χ1v) is 9.41. The Morgan fingerprint density at radius 1 is 1.39 bits per heavy atom. The van der Waals surface area contributed by atoms with Crippen LogP contribution < -0.4 is 20.7 Å². The fraction of sp³-hybridized carbons (Fsp3) is 0.368. The number of rotatable bonds is 0. The van der Waals surface area contributed by atoms with Crippen molar-refractivity contribution in [3.63, 3.8) is 0 Å². The molecular formula is C19H21N7O2. The van der Waals surface area contributed by atoms with Crippen molar-refractivity contribution in [1.29, 1.82) is 0 Å². The summed E-state index contributed by atoms with van der Waals surface area (Å²) in [6, 6.07) is 4.15. The van der Waals surface area contributed by atoms with Gasteiger partial charge in [-0.25, -0.2) is 14.5 Å². The number of fused-ring (bicyclic) bond motifs is 5. The monoisotopic (exact) mass is 379 g/mol. The average Bonchev–Trinajstić information content (AvgIpc) is 3.28. The minimum Gasteiger partial charge on any atom is -0.476 e. The molecule has 2 aliphatic rings. The third-order valence-electron chi connectivity index (χ3n) is 5.27. The Hall–Kier alpha value is -3.36. The van der Waals surface area contributed by atoms with Gasteiger partial charge in [0.25, 0.3) is 5.91 Å². The summed E-state index contributed by atoms with van der Waals surface area (Å²) in [5.74, 6) is 1.25. The highest BCUT2D eigenvalue weighted by molar-refractivity contribution is 6.04. The number of pyridine rings is 1. The van der Waals surface area contributed by atoms with Gasteiger partial charge < -0.3 is 20.7 Å². The summed E-state index contributed by atoms with van der Waals surface area (Å²) >= 11 is 0. The number of nitrogen functional groups attached to an aromatic ring is 1. The summed E-state index contributed by atoms with van der Waals surface area (Å²) < 4.78 is 7.48. The molecule has 3 aromatic heterocycles. The van der Waals surface area contributed by atoms with Gasteiger partial charge in [-0.2, -0.15) is 0 Å². The number of carbonyl (C=O) groups is 1. The smallest absolute Gasteiger partial charge is 0.259 e. The number of nitrogens with one attached hydrogen (secondary N) is 1. The van der Waals surface area contributed by atoms with Gasteiger partial charge in [0, 0.05) is 24.5 Å². The van der Waals surface area contributed by atoms with E-state index < -0.39 is 0 Å². The lowest BCUT2D eigenvalue weighted by Crippen LogP contribution is -2.29. The maximum Gasteiger partial charge on any atom is 0.259 e. The molecule has 0 radical (unpaired) electrons. The maximum absolute atomic E-state index is 12.7. The minimum atomic E-state index is -0.310. The summed E-state index contributed by atoms with van der Waals surface area (Å²) in [5.41, 5.74) is 8.89. The zero-order valence-electron chi connectivity index (χ0n) is 15.6. The van der Waals surface area contributed by atoms with E-state index >= 15 is 0 Å². The van der Waals surface area contributed by atoms with Gasteiger partial charge in [0.2, 0.25) is 5.88 Å². The Morgan fingerprint density at radius 3 is 3.18 bits per heavy atom. The first-order valence-electron chi connectivity index (χ1n) is 9.41. The third-order valence-corrected chi connectivity index (χ3v) is 5.27. The van der Waals surface area contributed by atoms with Crippen LogP contribution in [0, 0.1) is 6.92 Å². The van der Waals surface area contributed by atoms with E-state index in [1.54, 1.807) is 16.9 Å². The van der Waals surface area contributed by atoms with E-state index in [0.717, 1.165) is 36.3 Å². The third kappa shape index (κ3) is 2.62. The first-order chi connectivity index (χ1) is 13.6. The van der Waals surface area contributed by atoms with Crippen LogP contribution in [-0.4, -0.2) is 45.2 Å². The number of nitrogens with zero attached hydrogens (tertiary/aromatic N) is 5. The molecule has 3 N–H and O–H groups in total. The van der Waals surface area contributed by atoms with E-state index in [9.17, 15) is 4.79 Å². The first kappa shape index (κ1) is 16.8. The van der Waals surface area contributed by atoms with E-state index in [1.807, 2.05) is 13.0 Å². The molecule has 0 aromatic carbocycles. The van der Waals surface area contributed by atoms with Gasteiger partial charge in [-0.3, -0.25) is 4.79 Å². The van der Waals surface area contributed by atoms with E-state index in [4.69, 9.17) is 15.5 Å². The van der Waals surface area contributed by atoms with Crippen LogP contribution in [-0.2, 0) is 0 Å². The number of hydrogen-bond acceptors (Lipinski definition) is 7. The van der Waals surface area contributed by atoms with Crippen molar-refractivity contribution in [2.45, 2.75) is 25.8 Å². The predicted molar refractivity (Wildman–Crippen MR) is 104 cm³/mol. The molecule has 5 rings (SSSR count). The average molecular weight is 379 g/mol. The SMILES string of the molecule is Cc1cnc2c(c1)C1CCCN1c1ccn3nc(N)c(c3n1)C(=O)NCCO2. The summed E-state index contributed by atoms with van der Waals surface area (Å²) in [6.07, 6.45) is 5.63. The van der Waals surface area contributed by atoms with Gasteiger partial charge in [-0.1, -0.05) is 0 Å². The van der Waals surface area contributed by atoms with Crippen LogP contribution in [0.5, 0.6) is 5.88 Å². The molecule has 2 bridgehead atoms. The molecule has 28 heavy (non-hydrogen) atoms. The Kier molecular flexibility index (Phi) is 3.81. The Morgan fingerprint density at radius 2 is 2.29 bits per heavy atom. The molecule has 9 heteroatoms. The summed E-state index contributed by atoms with van der Waals surface area (Å²) in [4.78, 5) is 24.2. The molecule has 1 unspecified atom stereocenters. The molecule has 3 aromatic rings. The van der Waals surface area contributed by atoms with Crippen molar-refractivity contribution in [1.82, 2.24) is 24.9 Å². The molecule has 1 saturated heterocycles. The van der Waals surface area contributed by atoms with Crippen LogP contribution in [0.1, 0.15) is 40.4 Å². The maximum atomic E-state index is 12.7. The number of aromatic nitrogens is 4. The number of hydrogen-bond donors (Lipinski definition) is 2. The number of ether oxygens (including phenoxy) is 1. The molecule has 9 nitrogen and oxygen atoms in total. The van der Waals surface area contributed by atoms with Crippen LogP contribution in [0.3, 0.4) is 0 Å². The fourth-order valence-corrected chi connectivity index (χ4v) is 4.02. The van der Waals surface area contributed by atoms with E-state index in [2.05, 4.69) is 26.4 Å². The van der Waals surface area contributed by atoms with Gasteiger partial charge in [-0.05, 0) is 37.5 Å². The standard InChI is InChI=1S/C19H21N7O2/c1-11-9-12-13-3-2-6-25(13)14-4-7-26-17(23-14)15(16(20)24-26)18(27)21-5-8-28-19(12)22-10-11/h4,7,9-10,13H,2-3,5-6,8H2,1H3,(H2,20,24)(H,21,27). The Labute approximate surface area is 161 Å². The zero-order valence-corrected chi connectivity index (χ0v) is 15.6. The van der Waals surface area contributed by atoms with Crippen molar-refractivity contribution >= 4 is 23.2 Å². The topological polar surface area (TPSA) is 111 Å². The second kappa shape index (κ2) is 6.36. The van der Waals surface area contributed by atoms with Crippen LogP contribution in [0.2, 0.25) is 0 Å². The molecule has 0 saturated carbocycles. The number of amides is 1. The predicted octanol–water partition coefficient (Wildman–Crippen LogP) is 1.48. The highest BCUT2D eigenvalue weighted by atomic mass is 16.5. The van der Waals surface area contributed by atoms with Crippen LogP contribution in [0.4, 0.5) is 11.6 Å². The molecule has 0 spiro atoms. The second-order valence-electron chi connectivity index (χ2n) is 7.18. The second-order valence-corrected chi connectivity index (χ2v) is 7.18. The number of aryl methyl sites for hydroxylation is 1. The summed E-state index contributed by atoms with van der Waals surface area (Å²) in [7, 11) is 0. The molecule has 1 amide bonds. The van der Waals surface area contributed by atoms with Crippen molar-refractivity contribution in [2.75, 3.05) is 30.3 Å². The number of nitrogens with two attached hydrogens (primary N) is 1. The van der Waals surface area contributed by atoms with E-state index in [-0.39, 0.29) is 17.8 Å². The Bertz CT molecular complexity index is 1080.